The van der Waals surface area contributed by atoms with Gasteiger partial charge in [0.25, 0.3) is 5.91 Å². The number of carbonyl (C=O) groups is 2. The average Bonchev–Trinajstić information content (AvgIpc) is 2.79. The van der Waals surface area contributed by atoms with E-state index in [9.17, 15) is 9.59 Å². The van der Waals surface area contributed by atoms with Crippen molar-refractivity contribution in [3.05, 3.63) is 65.7 Å². The maximum absolute atomic E-state index is 13.5. The van der Waals surface area contributed by atoms with E-state index in [4.69, 9.17) is 4.98 Å². The molecule has 1 aliphatic heterocycles. The summed E-state index contributed by atoms with van der Waals surface area (Å²) in [4.78, 5) is 34.1. The number of aromatic nitrogens is 1. The first kappa shape index (κ1) is 21.0. The molecule has 2 heterocycles. The van der Waals surface area contributed by atoms with Gasteiger partial charge >= 0.3 is 0 Å². The lowest BCUT2D eigenvalue weighted by Crippen LogP contribution is -2.51. The smallest absolute Gasteiger partial charge is 0.254 e. The van der Waals surface area contributed by atoms with E-state index in [1.54, 1.807) is 0 Å². The summed E-state index contributed by atoms with van der Waals surface area (Å²) >= 11 is 0. The zero-order valence-electron chi connectivity index (χ0n) is 18.1. The average molecular weight is 417 g/mol. The first-order valence-corrected chi connectivity index (χ1v) is 10.8. The maximum atomic E-state index is 13.5. The fourth-order valence-corrected chi connectivity index (χ4v) is 3.96. The van der Waals surface area contributed by atoms with Crippen LogP contribution in [0.1, 0.15) is 22.8 Å². The van der Waals surface area contributed by atoms with E-state index in [2.05, 4.69) is 29.3 Å². The molecular formula is C25H28N4O2. The Morgan fingerprint density at radius 2 is 1.71 bits per heavy atom. The minimum Gasteiger partial charge on any atom is -0.355 e. The third kappa shape index (κ3) is 4.75. The van der Waals surface area contributed by atoms with Crippen LogP contribution >= 0.6 is 0 Å². The normalized spacial score (nSPS) is 14.6. The van der Waals surface area contributed by atoms with Gasteiger partial charge in [-0.25, -0.2) is 4.98 Å². The van der Waals surface area contributed by atoms with Crippen molar-refractivity contribution < 1.29 is 9.59 Å². The fraction of sp³-hybridized carbons (Fsp3) is 0.320. The van der Waals surface area contributed by atoms with Crippen molar-refractivity contribution in [2.24, 2.45) is 0 Å². The molecular weight excluding hydrogens is 388 g/mol. The lowest BCUT2D eigenvalue weighted by atomic mass is 10.0. The van der Waals surface area contributed by atoms with Gasteiger partial charge in [0.05, 0.1) is 23.3 Å². The van der Waals surface area contributed by atoms with E-state index in [-0.39, 0.29) is 11.8 Å². The number of piperazine rings is 1. The van der Waals surface area contributed by atoms with Gasteiger partial charge in [-0.1, -0.05) is 48.0 Å². The molecule has 3 aromatic rings. The van der Waals surface area contributed by atoms with Gasteiger partial charge in [0.2, 0.25) is 5.91 Å². The molecule has 1 saturated heterocycles. The van der Waals surface area contributed by atoms with Gasteiger partial charge in [0.1, 0.15) is 0 Å². The van der Waals surface area contributed by atoms with Gasteiger partial charge < -0.3 is 10.2 Å². The summed E-state index contributed by atoms with van der Waals surface area (Å²) in [6.45, 7) is 7.58. The number of para-hydroxylation sites is 1. The third-order valence-corrected chi connectivity index (χ3v) is 5.69. The highest BCUT2D eigenvalue weighted by Gasteiger charge is 2.25. The number of hydrogen-bond acceptors (Lipinski definition) is 4. The number of amides is 2. The molecule has 1 fully saturated rings. The number of carbonyl (C=O) groups excluding carboxylic acids is 2. The highest BCUT2D eigenvalue weighted by Crippen LogP contribution is 2.26. The quantitative estimate of drug-likeness (QED) is 0.694. The van der Waals surface area contributed by atoms with Crippen LogP contribution in [0.5, 0.6) is 0 Å². The number of aryl methyl sites for hydroxylation is 1. The molecule has 1 N–H and O–H groups in total. The maximum Gasteiger partial charge on any atom is 0.254 e. The molecule has 0 saturated carbocycles. The van der Waals surface area contributed by atoms with Crippen molar-refractivity contribution in [3.8, 4) is 11.3 Å². The van der Waals surface area contributed by atoms with Crippen LogP contribution in [-0.2, 0) is 4.79 Å². The van der Waals surface area contributed by atoms with Gasteiger partial charge in [0.15, 0.2) is 0 Å². The van der Waals surface area contributed by atoms with Crippen LogP contribution in [0.25, 0.3) is 22.2 Å². The second kappa shape index (κ2) is 9.27. The number of rotatable bonds is 5. The summed E-state index contributed by atoms with van der Waals surface area (Å²) in [5, 5.41) is 3.70. The van der Waals surface area contributed by atoms with Gasteiger partial charge in [-0.2, -0.15) is 0 Å². The predicted molar refractivity (Wildman–Crippen MR) is 123 cm³/mol. The van der Waals surface area contributed by atoms with Crippen LogP contribution in [0.4, 0.5) is 0 Å². The van der Waals surface area contributed by atoms with Crippen molar-refractivity contribution in [2.75, 3.05) is 39.3 Å². The second-order valence-corrected chi connectivity index (χ2v) is 7.96. The SMILES string of the molecule is CCNC(=O)CN1CCN(C(=O)c2cc(-c3ccc(C)cc3)nc3ccccc23)CC1. The molecule has 0 bridgehead atoms. The molecule has 0 aliphatic carbocycles. The Balaban J connectivity index is 1.58. The highest BCUT2D eigenvalue weighted by atomic mass is 16.2. The molecule has 4 rings (SSSR count). The van der Waals surface area contributed by atoms with Gasteiger partial charge in [-0.3, -0.25) is 14.5 Å². The van der Waals surface area contributed by atoms with Crippen LogP contribution in [-0.4, -0.2) is 65.9 Å². The van der Waals surface area contributed by atoms with Gasteiger partial charge in [-0.05, 0) is 26.0 Å². The Hall–Kier alpha value is -3.25. The van der Waals surface area contributed by atoms with E-state index < -0.39 is 0 Å². The molecule has 1 aromatic heterocycles. The van der Waals surface area contributed by atoms with E-state index in [1.165, 1.54) is 5.56 Å². The van der Waals surface area contributed by atoms with Crippen molar-refractivity contribution >= 4 is 22.7 Å². The number of likely N-dealkylation sites (N-methyl/N-ethyl adjacent to an activating group) is 1. The van der Waals surface area contributed by atoms with E-state index >= 15 is 0 Å². The Kier molecular flexibility index (Phi) is 6.28. The first-order valence-electron chi connectivity index (χ1n) is 10.8. The molecule has 2 amide bonds. The summed E-state index contributed by atoms with van der Waals surface area (Å²) in [6.07, 6.45) is 0. The summed E-state index contributed by atoms with van der Waals surface area (Å²) in [5.41, 5.74) is 4.48. The van der Waals surface area contributed by atoms with E-state index in [0.29, 0.717) is 44.8 Å². The van der Waals surface area contributed by atoms with Crippen LogP contribution < -0.4 is 5.32 Å². The molecule has 160 valence electrons. The van der Waals surface area contributed by atoms with Crippen molar-refractivity contribution in [1.82, 2.24) is 20.1 Å². The topological polar surface area (TPSA) is 65.5 Å². The second-order valence-electron chi connectivity index (χ2n) is 7.96. The Morgan fingerprint density at radius 3 is 2.42 bits per heavy atom. The number of nitrogens with one attached hydrogen (secondary N) is 1. The molecule has 0 spiro atoms. The van der Waals surface area contributed by atoms with E-state index in [0.717, 1.165) is 22.2 Å². The molecule has 6 heteroatoms. The predicted octanol–water partition coefficient (Wildman–Crippen LogP) is 3.10. The lowest BCUT2D eigenvalue weighted by molar-refractivity contribution is -0.122. The Labute approximate surface area is 182 Å². The number of pyridine rings is 1. The standard InChI is InChI=1S/C25H28N4O2/c1-3-26-24(30)17-28-12-14-29(15-13-28)25(31)21-16-23(19-10-8-18(2)9-11-19)27-22-7-5-4-6-20(21)22/h4-11,16H,3,12-15,17H2,1-2H3,(H,26,30). The monoisotopic (exact) mass is 416 g/mol. The molecule has 0 unspecified atom stereocenters. The summed E-state index contributed by atoms with van der Waals surface area (Å²) in [7, 11) is 0. The van der Waals surface area contributed by atoms with Crippen molar-refractivity contribution in [1.29, 1.82) is 0 Å². The molecule has 31 heavy (non-hydrogen) atoms. The Bertz CT molecular complexity index is 1090. The fourth-order valence-electron chi connectivity index (χ4n) is 3.96. The van der Waals surface area contributed by atoms with Crippen LogP contribution in [0.15, 0.2) is 54.6 Å². The summed E-state index contributed by atoms with van der Waals surface area (Å²) in [6, 6.07) is 17.9. The summed E-state index contributed by atoms with van der Waals surface area (Å²) < 4.78 is 0. The minimum absolute atomic E-state index is 0.0182. The Morgan fingerprint density at radius 1 is 1.00 bits per heavy atom. The first-order chi connectivity index (χ1) is 15.0. The molecule has 0 radical (unpaired) electrons. The number of benzene rings is 2. The van der Waals surface area contributed by atoms with Crippen LogP contribution in [0, 0.1) is 6.92 Å². The van der Waals surface area contributed by atoms with Crippen LogP contribution in [0.2, 0.25) is 0 Å². The third-order valence-electron chi connectivity index (χ3n) is 5.69. The number of hydrogen-bond donors (Lipinski definition) is 1. The zero-order valence-corrected chi connectivity index (χ0v) is 18.1. The molecule has 2 aromatic carbocycles. The zero-order chi connectivity index (χ0) is 21.8. The van der Waals surface area contributed by atoms with Gasteiger partial charge in [0, 0.05) is 43.7 Å². The largest absolute Gasteiger partial charge is 0.355 e. The number of nitrogens with zero attached hydrogens (tertiary/aromatic N) is 3. The lowest BCUT2D eigenvalue weighted by Gasteiger charge is -2.34. The minimum atomic E-state index is 0.0182. The summed E-state index contributed by atoms with van der Waals surface area (Å²) in [5.74, 6) is 0.0507. The van der Waals surface area contributed by atoms with Crippen molar-refractivity contribution in [2.45, 2.75) is 13.8 Å². The van der Waals surface area contributed by atoms with E-state index in [1.807, 2.05) is 54.3 Å². The number of fused-ring (bicyclic) bond motifs is 1. The van der Waals surface area contributed by atoms with Gasteiger partial charge in [-0.15, -0.1) is 0 Å². The highest BCUT2D eigenvalue weighted by molar-refractivity contribution is 6.07. The van der Waals surface area contributed by atoms with Crippen molar-refractivity contribution in [3.63, 3.8) is 0 Å². The molecule has 6 nitrogen and oxygen atoms in total. The molecule has 0 atom stereocenters. The molecule has 1 aliphatic rings. The van der Waals surface area contributed by atoms with Crippen LogP contribution in [0.3, 0.4) is 0 Å².